The summed E-state index contributed by atoms with van der Waals surface area (Å²) in [5.74, 6) is -0.451. The summed E-state index contributed by atoms with van der Waals surface area (Å²) < 4.78 is 10.1. The molecule has 11 heteroatoms. The Balaban J connectivity index is 2.61. The molecule has 0 aromatic rings. The normalized spacial score (nSPS) is 23.9. The first-order valence-corrected chi connectivity index (χ1v) is 11.7. The number of amides is 2. The first kappa shape index (κ1) is 21.4. The number of likely N-dealkylation sites (N-methyl/N-ethyl adjacent to an activating group) is 1. The number of hydrogen-bond acceptors (Lipinski definition) is 7. The van der Waals surface area contributed by atoms with Crippen molar-refractivity contribution in [3.8, 4) is 0 Å². The number of nitrogens with one attached hydrogen (secondary N) is 2. The van der Waals surface area contributed by atoms with Crippen LogP contribution in [0.15, 0.2) is 0 Å². The van der Waals surface area contributed by atoms with Crippen LogP contribution in [0.2, 0.25) is 0 Å². The minimum Gasteiger partial charge on any atom is -0.467 e. The second kappa shape index (κ2) is 9.15. The molecule has 8 nitrogen and oxygen atoms in total. The Labute approximate surface area is 151 Å². The van der Waals surface area contributed by atoms with Gasteiger partial charge in [0.05, 0.1) is 19.8 Å². The van der Waals surface area contributed by atoms with Crippen molar-refractivity contribution in [1.29, 1.82) is 0 Å². The molecule has 0 radical (unpaired) electrons. The van der Waals surface area contributed by atoms with E-state index in [1.165, 1.54) is 37.4 Å². The van der Waals surface area contributed by atoms with Crippen LogP contribution in [0.1, 0.15) is 20.8 Å². The van der Waals surface area contributed by atoms with Gasteiger partial charge in [0.2, 0.25) is 11.8 Å². The summed E-state index contributed by atoms with van der Waals surface area (Å²) in [7, 11) is 2.78. The number of hydrogen-bond donors (Lipinski definition) is 2. The quantitative estimate of drug-likeness (QED) is 0.473. The fourth-order valence-electron chi connectivity index (χ4n) is 1.96. The Hall–Kier alpha value is -0.670. The van der Waals surface area contributed by atoms with Gasteiger partial charge in [0.25, 0.3) is 0 Å². The zero-order valence-electron chi connectivity index (χ0n) is 14.4. The van der Waals surface area contributed by atoms with Crippen LogP contribution in [0.5, 0.6) is 0 Å². The van der Waals surface area contributed by atoms with Gasteiger partial charge in [-0.15, -0.1) is 0 Å². The van der Waals surface area contributed by atoms with Crippen LogP contribution in [0, 0.1) is 0 Å². The molecule has 0 bridgehead atoms. The highest BCUT2D eigenvalue weighted by atomic mass is 32.9. The van der Waals surface area contributed by atoms with Crippen molar-refractivity contribution in [2.75, 3.05) is 26.5 Å². The summed E-state index contributed by atoms with van der Waals surface area (Å²) in [5.41, 5.74) is -2.22. The van der Waals surface area contributed by atoms with E-state index in [2.05, 4.69) is 15.1 Å². The van der Waals surface area contributed by atoms with E-state index in [0.717, 1.165) is 5.75 Å². The lowest BCUT2D eigenvalue weighted by molar-refractivity contribution is -0.146. The van der Waals surface area contributed by atoms with Crippen molar-refractivity contribution < 1.29 is 23.6 Å². The third-order valence-corrected chi connectivity index (χ3v) is 9.25. The summed E-state index contributed by atoms with van der Waals surface area (Å²) in [4.78, 5) is 37.3. The maximum absolute atomic E-state index is 12.5. The second-order valence-corrected chi connectivity index (χ2v) is 12.1. The SMILES string of the molecule is COC(=O)C(C)NC(=O)C(C)N(C)C(=O)C(C)NP1(=S)OCCS1. The summed E-state index contributed by atoms with van der Waals surface area (Å²) >= 11 is 6.93. The number of carbonyl (C=O) groups is 3. The molecule has 1 rings (SSSR count). The number of rotatable bonds is 7. The average molecular weight is 397 g/mol. The van der Waals surface area contributed by atoms with E-state index in [4.69, 9.17) is 16.3 Å². The molecule has 4 atom stereocenters. The molecule has 2 amide bonds. The van der Waals surface area contributed by atoms with Gasteiger partial charge in [-0.05, 0) is 32.6 Å². The maximum Gasteiger partial charge on any atom is 0.328 e. The lowest BCUT2D eigenvalue weighted by atomic mass is 10.2. The van der Waals surface area contributed by atoms with Crippen LogP contribution < -0.4 is 10.4 Å². The van der Waals surface area contributed by atoms with Gasteiger partial charge < -0.3 is 19.5 Å². The van der Waals surface area contributed by atoms with Gasteiger partial charge in [0.15, 0.2) is 5.62 Å². The molecule has 0 aliphatic carbocycles. The Kier molecular flexibility index (Phi) is 8.14. The molecular formula is C13H24N3O5PS2. The van der Waals surface area contributed by atoms with Gasteiger partial charge in [0.1, 0.15) is 12.1 Å². The Morgan fingerprint density at radius 2 is 1.92 bits per heavy atom. The molecule has 2 N–H and O–H groups in total. The fraction of sp³-hybridized carbons (Fsp3) is 0.769. The smallest absolute Gasteiger partial charge is 0.328 e. The molecule has 138 valence electrons. The first-order valence-electron chi connectivity index (χ1n) is 7.43. The van der Waals surface area contributed by atoms with E-state index in [0.29, 0.717) is 6.61 Å². The monoisotopic (exact) mass is 397 g/mol. The molecule has 1 aliphatic heterocycles. The standard InChI is InChI=1S/C13H24N3O5PS2/c1-8(15-22(23)21-6-7-24-22)12(18)16(4)10(3)11(17)14-9(2)13(19)20-5/h8-10H,6-7H2,1-5H3,(H,14,17)(H,15,23). The number of carbonyl (C=O) groups excluding carboxylic acids is 3. The van der Waals surface area contributed by atoms with E-state index in [9.17, 15) is 14.4 Å². The lowest BCUT2D eigenvalue weighted by Gasteiger charge is -2.29. The Morgan fingerprint density at radius 3 is 2.42 bits per heavy atom. The molecule has 0 aromatic carbocycles. The van der Waals surface area contributed by atoms with Crippen molar-refractivity contribution in [3.63, 3.8) is 0 Å². The molecule has 1 heterocycles. The van der Waals surface area contributed by atoms with Crippen LogP contribution in [0.25, 0.3) is 0 Å². The number of nitrogens with zero attached hydrogens (tertiary/aromatic N) is 1. The topological polar surface area (TPSA) is 97.0 Å². The maximum atomic E-state index is 12.5. The highest BCUT2D eigenvalue weighted by Crippen LogP contribution is 2.60. The van der Waals surface area contributed by atoms with Crippen LogP contribution >= 0.6 is 17.0 Å². The summed E-state index contributed by atoms with van der Waals surface area (Å²) in [6, 6.07) is -2.10. The van der Waals surface area contributed by atoms with E-state index in [-0.39, 0.29) is 5.91 Å². The number of esters is 1. The molecule has 1 fully saturated rings. The zero-order chi connectivity index (χ0) is 18.5. The van der Waals surface area contributed by atoms with Gasteiger partial charge in [-0.2, -0.15) is 0 Å². The molecule has 0 saturated carbocycles. The highest BCUT2D eigenvalue weighted by Gasteiger charge is 2.32. The van der Waals surface area contributed by atoms with Gasteiger partial charge in [-0.1, -0.05) is 11.4 Å². The molecular weight excluding hydrogens is 373 g/mol. The van der Waals surface area contributed by atoms with Gasteiger partial charge in [0, 0.05) is 12.8 Å². The Morgan fingerprint density at radius 1 is 1.29 bits per heavy atom. The minimum atomic E-state index is -2.22. The number of methoxy groups -OCH3 is 1. The summed E-state index contributed by atoms with van der Waals surface area (Å²) in [6.07, 6.45) is 0. The molecule has 1 saturated heterocycles. The van der Waals surface area contributed by atoms with E-state index < -0.39 is 35.6 Å². The second-order valence-electron chi connectivity index (χ2n) is 5.39. The van der Waals surface area contributed by atoms with Crippen molar-refractivity contribution in [2.45, 2.75) is 38.9 Å². The predicted molar refractivity (Wildman–Crippen MR) is 97.1 cm³/mol. The van der Waals surface area contributed by atoms with Crippen LogP contribution in [-0.2, 0) is 35.5 Å². The predicted octanol–water partition coefficient (Wildman–Crippen LogP) is 0.477. The fourth-order valence-corrected chi connectivity index (χ4v) is 7.08. The molecule has 24 heavy (non-hydrogen) atoms. The third kappa shape index (κ3) is 5.70. The van der Waals surface area contributed by atoms with Crippen molar-refractivity contribution in [1.82, 2.24) is 15.3 Å². The molecule has 1 aliphatic rings. The Bertz CT molecular complexity index is 538. The largest absolute Gasteiger partial charge is 0.467 e. The van der Waals surface area contributed by atoms with Crippen molar-refractivity contribution in [2.24, 2.45) is 0 Å². The molecule has 0 aromatic heterocycles. The van der Waals surface area contributed by atoms with Crippen LogP contribution in [0.3, 0.4) is 0 Å². The summed E-state index contributed by atoms with van der Waals surface area (Å²) in [6.45, 7) is 5.37. The first-order chi connectivity index (χ1) is 11.1. The van der Waals surface area contributed by atoms with E-state index in [1.807, 2.05) is 0 Å². The van der Waals surface area contributed by atoms with Crippen LogP contribution in [0.4, 0.5) is 0 Å². The summed E-state index contributed by atoms with van der Waals surface area (Å²) in [5, 5.41) is 5.58. The number of ether oxygens (including phenoxy) is 1. The van der Waals surface area contributed by atoms with Crippen molar-refractivity contribution >= 4 is 46.6 Å². The third-order valence-electron chi connectivity index (χ3n) is 3.55. The van der Waals surface area contributed by atoms with Gasteiger partial charge >= 0.3 is 5.97 Å². The molecule has 0 spiro atoms. The van der Waals surface area contributed by atoms with Gasteiger partial charge in [-0.3, -0.25) is 9.59 Å². The highest BCUT2D eigenvalue weighted by molar-refractivity contribution is 8.69. The van der Waals surface area contributed by atoms with E-state index >= 15 is 0 Å². The minimum absolute atomic E-state index is 0.274. The van der Waals surface area contributed by atoms with Crippen LogP contribution in [-0.4, -0.2) is 67.3 Å². The lowest BCUT2D eigenvalue weighted by Crippen LogP contribution is -2.53. The molecule has 4 unspecified atom stereocenters. The average Bonchev–Trinajstić information content (AvgIpc) is 2.97. The van der Waals surface area contributed by atoms with E-state index in [1.54, 1.807) is 13.8 Å². The zero-order valence-corrected chi connectivity index (χ0v) is 16.9. The van der Waals surface area contributed by atoms with Gasteiger partial charge in [-0.25, -0.2) is 9.88 Å². The van der Waals surface area contributed by atoms with Crippen molar-refractivity contribution in [3.05, 3.63) is 0 Å².